The van der Waals surface area contributed by atoms with Crippen molar-refractivity contribution < 1.29 is 22.1 Å². The van der Waals surface area contributed by atoms with E-state index in [1.54, 1.807) is 12.1 Å². The van der Waals surface area contributed by atoms with E-state index < -0.39 is 10.1 Å². The number of aryl methyl sites for hydroxylation is 1. The smallest absolute Gasteiger partial charge is 0.339 e. The predicted molar refractivity (Wildman–Crippen MR) is 86.3 cm³/mol. The lowest BCUT2D eigenvalue weighted by molar-refractivity contribution is -0.114. The first-order chi connectivity index (χ1) is 10.8. The van der Waals surface area contributed by atoms with Crippen LogP contribution in [0.2, 0.25) is 0 Å². The molecule has 0 aliphatic heterocycles. The second kappa shape index (κ2) is 6.70. The minimum absolute atomic E-state index is 0.0630. The molecule has 0 bridgehead atoms. The molecule has 0 atom stereocenters. The SMILES string of the molecule is COc1cc(OS(=O)(=O)c2ccc(C)cc2)ccc1NC(C)=O. The van der Waals surface area contributed by atoms with Crippen molar-refractivity contribution in [1.29, 1.82) is 0 Å². The number of hydrogen-bond acceptors (Lipinski definition) is 5. The van der Waals surface area contributed by atoms with Gasteiger partial charge in [-0.05, 0) is 31.2 Å². The van der Waals surface area contributed by atoms with Crippen LogP contribution < -0.4 is 14.2 Å². The van der Waals surface area contributed by atoms with Gasteiger partial charge in [-0.3, -0.25) is 4.79 Å². The molecule has 0 aliphatic carbocycles. The minimum atomic E-state index is -3.93. The summed E-state index contributed by atoms with van der Waals surface area (Å²) < 4.78 is 34.7. The molecule has 1 amide bonds. The maximum absolute atomic E-state index is 12.2. The van der Waals surface area contributed by atoms with E-state index in [2.05, 4.69) is 5.32 Å². The van der Waals surface area contributed by atoms with Gasteiger partial charge in [-0.1, -0.05) is 17.7 Å². The van der Waals surface area contributed by atoms with Crippen LogP contribution in [0.25, 0.3) is 0 Å². The third-order valence-corrected chi connectivity index (χ3v) is 4.26. The van der Waals surface area contributed by atoms with Crippen LogP contribution >= 0.6 is 0 Å². The highest BCUT2D eigenvalue weighted by atomic mass is 32.2. The van der Waals surface area contributed by atoms with Crippen LogP contribution in [0.15, 0.2) is 47.4 Å². The van der Waals surface area contributed by atoms with E-state index in [1.165, 1.54) is 44.4 Å². The second-order valence-electron chi connectivity index (χ2n) is 4.89. The number of anilines is 1. The van der Waals surface area contributed by atoms with E-state index in [1.807, 2.05) is 6.92 Å². The molecular weight excluding hydrogens is 318 g/mol. The second-order valence-corrected chi connectivity index (χ2v) is 6.44. The Morgan fingerprint density at radius 3 is 2.30 bits per heavy atom. The number of carbonyl (C=O) groups is 1. The zero-order chi connectivity index (χ0) is 17.0. The van der Waals surface area contributed by atoms with Crippen molar-refractivity contribution in [2.45, 2.75) is 18.7 Å². The van der Waals surface area contributed by atoms with Gasteiger partial charge in [-0.2, -0.15) is 8.42 Å². The molecule has 0 heterocycles. The average Bonchev–Trinajstić information content (AvgIpc) is 2.48. The Kier molecular flexibility index (Phi) is 4.90. The van der Waals surface area contributed by atoms with Crippen molar-refractivity contribution in [3.63, 3.8) is 0 Å². The maximum Gasteiger partial charge on any atom is 0.339 e. The summed E-state index contributed by atoms with van der Waals surface area (Å²) >= 11 is 0. The lowest BCUT2D eigenvalue weighted by atomic mass is 10.2. The standard InChI is InChI=1S/C16H17NO5S/c1-11-4-7-14(8-5-11)23(19,20)22-13-6-9-15(17-12(2)18)16(10-13)21-3/h4-10H,1-3H3,(H,17,18). The number of benzene rings is 2. The molecule has 0 saturated heterocycles. The summed E-state index contributed by atoms with van der Waals surface area (Å²) in [6.07, 6.45) is 0. The highest BCUT2D eigenvalue weighted by molar-refractivity contribution is 7.87. The number of rotatable bonds is 5. The summed E-state index contributed by atoms with van der Waals surface area (Å²) in [7, 11) is -2.52. The van der Waals surface area contributed by atoms with E-state index in [4.69, 9.17) is 8.92 Å². The lowest BCUT2D eigenvalue weighted by Gasteiger charge is -2.12. The Hall–Kier alpha value is -2.54. The molecule has 2 rings (SSSR count). The molecule has 0 spiro atoms. The first-order valence-corrected chi connectivity index (χ1v) is 8.19. The van der Waals surface area contributed by atoms with Crippen LogP contribution in [0, 0.1) is 6.92 Å². The molecule has 7 heteroatoms. The van der Waals surface area contributed by atoms with Crippen LogP contribution in [-0.2, 0) is 14.9 Å². The fraction of sp³-hybridized carbons (Fsp3) is 0.188. The summed E-state index contributed by atoms with van der Waals surface area (Å²) in [6.45, 7) is 3.23. The summed E-state index contributed by atoms with van der Waals surface area (Å²) in [4.78, 5) is 11.2. The molecule has 2 aromatic rings. The fourth-order valence-corrected chi connectivity index (χ4v) is 2.82. The predicted octanol–water partition coefficient (Wildman–Crippen LogP) is 2.73. The molecule has 0 unspecified atom stereocenters. The Labute approximate surface area is 135 Å². The summed E-state index contributed by atoms with van der Waals surface area (Å²) in [5.41, 5.74) is 1.38. The number of carbonyl (C=O) groups excluding carboxylic acids is 1. The maximum atomic E-state index is 12.2. The average molecular weight is 335 g/mol. The summed E-state index contributed by atoms with van der Waals surface area (Å²) in [6, 6.07) is 10.7. The monoisotopic (exact) mass is 335 g/mol. The third-order valence-electron chi connectivity index (χ3n) is 3.00. The van der Waals surface area contributed by atoms with Gasteiger partial charge in [0.05, 0.1) is 12.8 Å². The Balaban J connectivity index is 2.28. The first kappa shape index (κ1) is 16.8. The Morgan fingerprint density at radius 2 is 1.74 bits per heavy atom. The molecule has 122 valence electrons. The largest absolute Gasteiger partial charge is 0.494 e. The van der Waals surface area contributed by atoms with E-state index in [0.717, 1.165) is 5.56 Å². The van der Waals surface area contributed by atoms with E-state index >= 15 is 0 Å². The summed E-state index contributed by atoms with van der Waals surface area (Å²) in [5.74, 6) is 0.137. The number of methoxy groups -OCH3 is 1. The fourth-order valence-electron chi connectivity index (χ4n) is 1.90. The molecule has 0 aliphatic rings. The topological polar surface area (TPSA) is 81.7 Å². The van der Waals surface area contributed by atoms with Gasteiger partial charge in [0, 0.05) is 13.0 Å². The Morgan fingerprint density at radius 1 is 1.09 bits per heavy atom. The van der Waals surface area contributed by atoms with Gasteiger partial charge >= 0.3 is 10.1 Å². The highest BCUT2D eigenvalue weighted by Crippen LogP contribution is 2.30. The highest BCUT2D eigenvalue weighted by Gasteiger charge is 2.17. The Bertz CT molecular complexity index is 813. The van der Waals surface area contributed by atoms with Gasteiger partial charge in [0.2, 0.25) is 5.91 Å². The van der Waals surface area contributed by atoms with Crippen molar-refractivity contribution in [2.75, 3.05) is 12.4 Å². The summed E-state index contributed by atoms with van der Waals surface area (Å²) in [5, 5.41) is 2.58. The molecule has 0 radical (unpaired) electrons. The lowest BCUT2D eigenvalue weighted by Crippen LogP contribution is -2.10. The third kappa shape index (κ3) is 4.23. The normalized spacial score (nSPS) is 10.9. The van der Waals surface area contributed by atoms with E-state index in [9.17, 15) is 13.2 Å². The van der Waals surface area contributed by atoms with Gasteiger partial charge in [0.25, 0.3) is 0 Å². The first-order valence-electron chi connectivity index (χ1n) is 6.78. The molecule has 6 nitrogen and oxygen atoms in total. The molecular formula is C16H17NO5S. The van der Waals surface area contributed by atoms with Crippen molar-refractivity contribution in [1.82, 2.24) is 0 Å². The van der Waals surface area contributed by atoms with E-state index in [-0.39, 0.29) is 16.6 Å². The van der Waals surface area contributed by atoms with Crippen LogP contribution in [-0.4, -0.2) is 21.4 Å². The van der Waals surface area contributed by atoms with Gasteiger partial charge in [-0.25, -0.2) is 0 Å². The molecule has 1 N–H and O–H groups in total. The molecule has 0 fully saturated rings. The van der Waals surface area contributed by atoms with E-state index in [0.29, 0.717) is 11.4 Å². The number of ether oxygens (including phenoxy) is 1. The van der Waals surface area contributed by atoms with Crippen molar-refractivity contribution in [3.8, 4) is 11.5 Å². The number of nitrogens with one attached hydrogen (secondary N) is 1. The molecule has 0 aromatic heterocycles. The number of hydrogen-bond donors (Lipinski definition) is 1. The zero-order valence-corrected chi connectivity index (χ0v) is 13.8. The van der Waals surface area contributed by atoms with Gasteiger partial charge in [0.1, 0.15) is 16.4 Å². The van der Waals surface area contributed by atoms with Crippen molar-refractivity contribution in [3.05, 3.63) is 48.0 Å². The molecule has 0 saturated carbocycles. The molecule has 2 aromatic carbocycles. The zero-order valence-electron chi connectivity index (χ0n) is 13.0. The van der Waals surface area contributed by atoms with Crippen LogP contribution in [0.5, 0.6) is 11.5 Å². The molecule has 23 heavy (non-hydrogen) atoms. The van der Waals surface area contributed by atoms with Gasteiger partial charge < -0.3 is 14.2 Å². The van der Waals surface area contributed by atoms with Gasteiger partial charge in [-0.15, -0.1) is 0 Å². The van der Waals surface area contributed by atoms with Crippen molar-refractivity contribution in [2.24, 2.45) is 0 Å². The van der Waals surface area contributed by atoms with Crippen LogP contribution in [0.3, 0.4) is 0 Å². The van der Waals surface area contributed by atoms with Crippen molar-refractivity contribution >= 4 is 21.7 Å². The quantitative estimate of drug-likeness (QED) is 0.850. The van der Waals surface area contributed by atoms with Crippen LogP contribution in [0.4, 0.5) is 5.69 Å². The number of amides is 1. The minimum Gasteiger partial charge on any atom is -0.494 e. The van der Waals surface area contributed by atoms with Gasteiger partial charge in [0.15, 0.2) is 0 Å². The van der Waals surface area contributed by atoms with Crippen LogP contribution in [0.1, 0.15) is 12.5 Å².